The van der Waals surface area contributed by atoms with Crippen LogP contribution in [0, 0.1) is 12.8 Å². The van der Waals surface area contributed by atoms with E-state index >= 15 is 0 Å². The minimum Gasteiger partial charge on any atom is -0.353 e. The van der Waals surface area contributed by atoms with Gasteiger partial charge in [-0.15, -0.1) is 0 Å². The Balaban J connectivity index is 2.18. The maximum absolute atomic E-state index is 6.24. The Kier molecular flexibility index (Phi) is 3.09. The lowest BCUT2D eigenvalue weighted by molar-refractivity contribution is 0.487. The first kappa shape index (κ1) is 12.7. The van der Waals surface area contributed by atoms with Crippen LogP contribution in [0.2, 0.25) is 5.15 Å². The van der Waals surface area contributed by atoms with Crippen LogP contribution in [0.4, 0.5) is 5.82 Å². The zero-order chi connectivity index (χ0) is 13.6. The lowest BCUT2D eigenvalue weighted by atomic mass is 10.0. The van der Waals surface area contributed by atoms with E-state index in [2.05, 4.69) is 33.8 Å². The van der Waals surface area contributed by atoms with Gasteiger partial charge in [0, 0.05) is 18.2 Å². The van der Waals surface area contributed by atoms with E-state index < -0.39 is 0 Å². The largest absolute Gasteiger partial charge is 0.353 e. The summed E-state index contributed by atoms with van der Waals surface area (Å²) in [5, 5.41) is 4.82. The number of nitrogens with zero attached hydrogens (tertiary/aromatic N) is 5. The van der Waals surface area contributed by atoms with Crippen molar-refractivity contribution in [3.63, 3.8) is 0 Å². The van der Waals surface area contributed by atoms with Gasteiger partial charge in [-0.3, -0.25) is 0 Å². The van der Waals surface area contributed by atoms with Crippen LogP contribution < -0.4 is 4.90 Å². The molecule has 1 saturated heterocycles. The number of anilines is 1. The highest BCUT2D eigenvalue weighted by atomic mass is 35.5. The molecule has 0 radical (unpaired) electrons. The van der Waals surface area contributed by atoms with Crippen molar-refractivity contribution in [2.75, 3.05) is 11.4 Å². The summed E-state index contributed by atoms with van der Waals surface area (Å²) in [6, 6.07) is 0.532. The number of hydrogen-bond donors (Lipinski definition) is 0. The van der Waals surface area contributed by atoms with E-state index in [-0.39, 0.29) is 0 Å². The SMILES string of the molecule is Cc1c(Cl)nc2ncnn2c1N1CCCC1C(C)C. The smallest absolute Gasteiger partial charge is 0.255 e. The molecule has 2 aromatic rings. The van der Waals surface area contributed by atoms with E-state index in [1.165, 1.54) is 19.2 Å². The number of halogens is 1. The molecule has 2 aromatic heterocycles. The molecule has 3 rings (SSSR count). The van der Waals surface area contributed by atoms with Crippen LogP contribution in [0.5, 0.6) is 0 Å². The molecular formula is C13H18ClN5. The molecule has 0 spiro atoms. The summed E-state index contributed by atoms with van der Waals surface area (Å²) >= 11 is 6.24. The average Bonchev–Trinajstić information content (AvgIpc) is 2.98. The molecule has 0 bridgehead atoms. The molecule has 19 heavy (non-hydrogen) atoms. The predicted octanol–water partition coefficient (Wildman–Crippen LogP) is 2.71. The summed E-state index contributed by atoms with van der Waals surface area (Å²) in [7, 11) is 0. The van der Waals surface area contributed by atoms with Gasteiger partial charge in [-0.2, -0.15) is 19.6 Å². The number of fused-ring (bicyclic) bond motifs is 1. The van der Waals surface area contributed by atoms with Gasteiger partial charge in [-0.05, 0) is 25.7 Å². The first-order chi connectivity index (χ1) is 9.09. The Morgan fingerprint density at radius 2 is 2.21 bits per heavy atom. The second-order valence-corrected chi connectivity index (χ2v) is 5.83. The zero-order valence-electron chi connectivity index (χ0n) is 11.5. The third-order valence-corrected chi connectivity index (χ3v) is 4.28. The standard InChI is InChI=1S/C13H18ClN5/c1-8(2)10-5-4-6-18(10)12-9(3)11(14)17-13-15-7-16-19(12)13/h7-8,10H,4-6H2,1-3H3. The summed E-state index contributed by atoms with van der Waals surface area (Å²) in [5.74, 6) is 2.22. The van der Waals surface area contributed by atoms with Crippen molar-refractivity contribution in [3.05, 3.63) is 17.0 Å². The van der Waals surface area contributed by atoms with Crippen molar-refractivity contribution >= 4 is 23.2 Å². The van der Waals surface area contributed by atoms with E-state index in [1.54, 1.807) is 0 Å². The van der Waals surface area contributed by atoms with Gasteiger partial charge in [0.15, 0.2) is 0 Å². The minimum atomic E-state index is 0.518. The molecule has 3 heterocycles. The highest BCUT2D eigenvalue weighted by Gasteiger charge is 2.31. The monoisotopic (exact) mass is 279 g/mol. The Hall–Kier alpha value is -1.36. The lowest BCUT2D eigenvalue weighted by Gasteiger charge is -2.30. The maximum Gasteiger partial charge on any atom is 0.255 e. The Labute approximate surface area is 117 Å². The fraction of sp³-hybridized carbons (Fsp3) is 0.615. The number of aromatic nitrogens is 4. The summed E-state index contributed by atoms with van der Waals surface area (Å²) in [6.07, 6.45) is 3.95. The minimum absolute atomic E-state index is 0.518. The van der Waals surface area contributed by atoms with Gasteiger partial charge in [-0.1, -0.05) is 25.4 Å². The highest BCUT2D eigenvalue weighted by Crippen LogP contribution is 2.33. The van der Waals surface area contributed by atoms with Gasteiger partial charge in [0.25, 0.3) is 5.78 Å². The molecule has 0 aliphatic carbocycles. The predicted molar refractivity (Wildman–Crippen MR) is 75.7 cm³/mol. The summed E-state index contributed by atoms with van der Waals surface area (Å²) in [5.41, 5.74) is 0.979. The van der Waals surface area contributed by atoms with Crippen molar-refractivity contribution in [2.45, 2.75) is 39.7 Å². The van der Waals surface area contributed by atoms with E-state index in [4.69, 9.17) is 11.6 Å². The van der Waals surface area contributed by atoms with Crippen molar-refractivity contribution in [1.29, 1.82) is 0 Å². The molecule has 1 aliphatic rings. The summed E-state index contributed by atoms with van der Waals surface area (Å²) < 4.78 is 1.81. The fourth-order valence-electron chi connectivity index (χ4n) is 2.97. The van der Waals surface area contributed by atoms with Crippen molar-refractivity contribution < 1.29 is 0 Å². The first-order valence-corrected chi connectivity index (χ1v) is 7.10. The average molecular weight is 280 g/mol. The molecule has 1 aliphatic heterocycles. The fourth-order valence-corrected chi connectivity index (χ4v) is 3.13. The van der Waals surface area contributed by atoms with Crippen molar-refractivity contribution in [3.8, 4) is 0 Å². The van der Waals surface area contributed by atoms with Gasteiger partial charge in [0.05, 0.1) is 0 Å². The van der Waals surface area contributed by atoms with E-state index in [9.17, 15) is 0 Å². The number of hydrogen-bond acceptors (Lipinski definition) is 4. The summed E-state index contributed by atoms with van der Waals surface area (Å²) in [4.78, 5) is 10.8. The quantitative estimate of drug-likeness (QED) is 0.793. The van der Waals surface area contributed by atoms with E-state index in [0.29, 0.717) is 22.9 Å². The van der Waals surface area contributed by atoms with Crippen LogP contribution >= 0.6 is 11.6 Å². The van der Waals surface area contributed by atoms with Crippen LogP contribution in [0.1, 0.15) is 32.3 Å². The van der Waals surface area contributed by atoms with E-state index in [0.717, 1.165) is 17.9 Å². The molecule has 0 N–H and O–H groups in total. The van der Waals surface area contributed by atoms with Crippen LogP contribution in [0.3, 0.4) is 0 Å². The molecular weight excluding hydrogens is 262 g/mol. The third kappa shape index (κ3) is 1.96. The molecule has 0 amide bonds. The van der Waals surface area contributed by atoms with E-state index in [1.807, 2.05) is 11.4 Å². The third-order valence-electron chi connectivity index (χ3n) is 3.91. The van der Waals surface area contributed by atoms with Crippen LogP contribution in [0.25, 0.3) is 5.78 Å². The van der Waals surface area contributed by atoms with Gasteiger partial charge in [0.1, 0.15) is 17.3 Å². The molecule has 5 nitrogen and oxygen atoms in total. The molecule has 102 valence electrons. The van der Waals surface area contributed by atoms with Crippen LogP contribution in [-0.2, 0) is 0 Å². The molecule has 0 saturated carbocycles. The Morgan fingerprint density at radius 1 is 1.42 bits per heavy atom. The molecule has 1 unspecified atom stereocenters. The van der Waals surface area contributed by atoms with Gasteiger partial charge in [0.2, 0.25) is 0 Å². The van der Waals surface area contributed by atoms with Crippen molar-refractivity contribution in [1.82, 2.24) is 19.6 Å². The molecule has 1 fully saturated rings. The molecule has 1 atom stereocenters. The number of rotatable bonds is 2. The second kappa shape index (κ2) is 4.63. The van der Waals surface area contributed by atoms with Gasteiger partial charge in [-0.25, -0.2) is 0 Å². The first-order valence-electron chi connectivity index (χ1n) is 6.72. The van der Waals surface area contributed by atoms with Crippen molar-refractivity contribution in [2.24, 2.45) is 5.92 Å². The second-order valence-electron chi connectivity index (χ2n) is 5.47. The van der Waals surface area contributed by atoms with Crippen LogP contribution in [-0.4, -0.2) is 32.2 Å². The Bertz CT molecular complexity index is 606. The van der Waals surface area contributed by atoms with Crippen LogP contribution in [0.15, 0.2) is 6.33 Å². The lowest BCUT2D eigenvalue weighted by Crippen LogP contribution is -2.35. The van der Waals surface area contributed by atoms with Gasteiger partial charge < -0.3 is 4.90 Å². The highest BCUT2D eigenvalue weighted by molar-refractivity contribution is 6.30. The Morgan fingerprint density at radius 3 is 2.95 bits per heavy atom. The maximum atomic E-state index is 6.24. The van der Waals surface area contributed by atoms with Gasteiger partial charge >= 0.3 is 0 Å². The normalized spacial score (nSPS) is 19.8. The molecule has 6 heteroatoms. The summed E-state index contributed by atoms with van der Waals surface area (Å²) in [6.45, 7) is 7.57. The zero-order valence-corrected chi connectivity index (χ0v) is 12.2. The topological polar surface area (TPSA) is 46.3 Å². The molecule has 0 aromatic carbocycles.